The monoisotopic (exact) mass is 229 g/mol. The van der Waals surface area contributed by atoms with Gasteiger partial charge in [0.15, 0.2) is 0 Å². The quantitative estimate of drug-likeness (QED) is 0.516. The van der Waals surface area contributed by atoms with Crippen LogP contribution in [0.3, 0.4) is 0 Å². The van der Waals surface area contributed by atoms with Crippen LogP contribution in [-0.2, 0) is 9.53 Å². The normalized spacial score (nSPS) is 11.0. The molecular formula is C11H19NO4. The van der Waals surface area contributed by atoms with Crippen LogP contribution in [0.1, 0.15) is 33.1 Å². The Morgan fingerprint density at radius 1 is 1.44 bits per heavy atom. The number of alkyl carbamates (subject to hydrolysis) is 1. The molecule has 0 aliphatic heterocycles. The summed E-state index contributed by atoms with van der Waals surface area (Å²) in [7, 11) is 0. The Balaban J connectivity index is 3.55. The summed E-state index contributed by atoms with van der Waals surface area (Å²) in [6, 6.07) is 0. The van der Waals surface area contributed by atoms with Crippen LogP contribution in [0, 0.1) is 0 Å². The maximum atomic E-state index is 11.0. The van der Waals surface area contributed by atoms with Crippen molar-refractivity contribution in [3.8, 4) is 0 Å². The minimum Gasteiger partial charge on any atom is -0.478 e. The van der Waals surface area contributed by atoms with E-state index in [1.54, 1.807) is 6.08 Å². The van der Waals surface area contributed by atoms with E-state index in [2.05, 4.69) is 5.32 Å². The van der Waals surface area contributed by atoms with Crippen molar-refractivity contribution < 1.29 is 19.4 Å². The van der Waals surface area contributed by atoms with Gasteiger partial charge in [-0.05, 0) is 19.8 Å². The Hall–Kier alpha value is -1.52. The van der Waals surface area contributed by atoms with E-state index in [4.69, 9.17) is 9.84 Å². The number of nitrogens with one attached hydrogen (secondary N) is 1. The number of unbranched alkanes of at least 4 members (excludes halogenated alkanes) is 1. The Morgan fingerprint density at radius 2 is 2.12 bits per heavy atom. The topological polar surface area (TPSA) is 75.6 Å². The van der Waals surface area contributed by atoms with Crippen LogP contribution in [0.15, 0.2) is 11.6 Å². The van der Waals surface area contributed by atoms with Gasteiger partial charge < -0.3 is 15.2 Å². The Kier molecular flexibility index (Phi) is 7.93. The molecule has 0 aromatic heterocycles. The molecule has 92 valence electrons. The van der Waals surface area contributed by atoms with E-state index in [0.29, 0.717) is 19.6 Å². The fourth-order valence-electron chi connectivity index (χ4n) is 0.910. The minimum absolute atomic E-state index is 0.279. The summed E-state index contributed by atoms with van der Waals surface area (Å²) in [5.41, 5.74) is 0.279. The summed E-state index contributed by atoms with van der Waals surface area (Å²) < 4.78 is 4.85. The third-order valence-corrected chi connectivity index (χ3v) is 1.93. The van der Waals surface area contributed by atoms with Crippen molar-refractivity contribution >= 4 is 12.1 Å². The number of aliphatic carboxylic acids is 1. The maximum Gasteiger partial charge on any atom is 0.407 e. The van der Waals surface area contributed by atoms with E-state index in [1.807, 2.05) is 6.92 Å². The fourth-order valence-corrected chi connectivity index (χ4v) is 0.910. The molecule has 5 heteroatoms. The lowest BCUT2D eigenvalue weighted by molar-refractivity contribution is -0.132. The Bertz CT molecular complexity index is 261. The average Bonchev–Trinajstić information content (AvgIpc) is 2.24. The third kappa shape index (κ3) is 7.84. The van der Waals surface area contributed by atoms with Crippen molar-refractivity contribution in [1.29, 1.82) is 0 Å². The summed E-state index contributed by atoms with van der Waals surface area (Å²) >= 11 is 0. The molecule has 0 unspecified atom stereocenters. The van der Waals surface area contributed by atoms with Gasteiger partial charge in [0.25, 0.3) is 0 Å². The lowest BCUT2D eigenvalue weighted by Crippen LogP contribution is -2.25. The molecule has 0 saturated heterocycles. The largest absolute Gasteiger partial charge is 0.478 e. The molecule has 2 N–H and O–H groups in total. The minimum atomic E-state index is -0.939. The number of amides is 1. The molecule has 0 radical (unpaired) electrons. The first-order valence-electron chi connectivity index (χ1n) is 5.38. The standard InChI is InChI=1S/C11H19NO4/c1-3-4-8-16-11(15)12-7-5-6-9(2)10(13)14/h6H,3-5,7-8H2,1-2H3,(H,12,15)(H,13,14). The van der Waals surface area contributed by atoms with Gasteiger partial charge in [-0.15, -0.1) is 0 Å². The zero-order chi connectivity index (χ0) is 12.4. The first-order chi connectivity index (χ1) is 7.57. The predicted octanol–water partition coefficient (Wildman–Crippen LogP) is 1.93. The van der Waals surface area contributed by atoms with Crippen LogP contribution in [0.2, 0.25) is 0 Å². The van der Waals surface area contributed by atoms with Crippen molar-refractivity contribution in [3.05, 3.63) is 11.6 Å². The van der Waals surface area contributed by atoms with Gasteiger partial charge in [-0.25, -0.2) is 9.59 Å². The molecular weight excluding hydrogens is 210 g/mol. The van der Waals surface area contributed by atoms with Crippen LogP contribution in [-0.4, -0.2) is 30.3 Å². The summed E-state index contributed by atoms with van der Waals surface area (Å²) in [5, 5.41) is 11.1. The molecule has 0 atom stereocenters. The van der Waals surface area contributed by atoms with Gasteiger partial charge in [-0.1, -0.05) is 19.4 Å². The van der Waals surface area contributed by atoms with E-state index in [-0.39, 0.29) is 5.57 Å². The summed E-state index contributed by atoms with van der Waals surface area (Å²) in [4.78, 5) is 21.4. The summed E-state index contributed by atoms with van der Waals surface area (Å²) in [6.45, 7) is 4.34. The van der Waals surface area contributed by atoms with E-state index in [0.717, 1.165) is 12.8 Å². The zero-order valence-corrected chi connectivity index (χ0v) is 9.78. The average molecular weight is 229 g/mol. The molecule has 0 rings (SSSR count). The van der Waals surface area contributed by atoms with Crippen molar-refractivity contribution in [1.82, 2.24) is 5.32 Å². The van der Waals surface area contributed by atoms with E-state index in [1.165, 1.54) is 6.92 Å². The molecule has 5 nitrogen and oxygen atoms in total. The van der Waals surface area contributed by atoms with Gasteiger partial charge in [0.1, 0.15) is 0 Å². The zero-order valence-electron chi connectivity index (χ0n) is 9.78. The predicted molar refractivity (Wildman–Crippen MR) is 60.3 cm³/mol. The van der Waals surface area contributed by atoms with Crippen LogP contribution >= 0.6 is 0 Å². The Morgan fingerprint density at radius 3 is 2.69 bits per heavy atom. The molecule has 0 saturated carbocycles. The molecule has 0 fully saturated rings. The molecule has 0 aliphatic carbocycles. The first kappa shape index (κ1) is 14.5. The first-order valence-corrected chi connectivity index (χ1v) is 5.38. The molecule has 0 spiro atoms. The molecule has 0 bridgehead atoms. The molecule has 1 amide bonds. The van der Waals surface area contributed by atoms with Gasteiger partial charge in [-0.2, -0.15) is 0 Å². The highest BCUT2D eigenvalue weighted by atomic mass is 16.5. The smallest absolute Gasteiger partial charge is 0.407 e. The van der Waals surface area contributed by atoms with Crippen molar-refractivity contribution in [3.63, 3.8) is 0 Å². The SMILES string of the molecule is CCCCOC(=O)NCCC=C(C)C(=O)O. The number of rotatable bonds is 7. The van der Waals surface area contributed by atoms with Gasteiger partial charge in [0.2, 0.25) is 0 Å². The second kappa shape index (κ2) is 8.76. The molecule has 16 heavy (non-hydrogen) atoms. The third-order valence-electron chi connectivity index (χ3n) is 1.93. The van der Waals surface area contributed by atoms with Crippen molar-refractivity contribution in [2.45, 2.75) is 33.1 Å². The van der Waals surface area contributed by atoms with Crippen molar-refractivity contribution in [2.75, 3.05) is 13.2 Å². The van der Waals surface area contributed by atoms with Gasteiger partial charge in [0, 0.05) is 12.1 Å². The van der Waals surface area contributed by atoms with Crippen LogP contribution < -0.4 is 5.32 Å². The van der Waals surface area contributed by atoms with Gasteiger partial charge in [0.05, 0.1) is 6.61 Å². The Labute approximate surface area is 95.5 Å². The fraction of sp³-hybridized carbons (Fsp3) is 0.636. The van der Waals surface area contributed by atoms with Crippen LogP contribution in [0.5, 0.6) is 0 Å². The number of carboxylic acid groups (broad SMARTS) is 1. The number of carboxylic acids is 1. The summed E-state index contributed by atoms with van der Waals surface area (Å²) in [5.74, 6) is -0.939. The second-order valence-electron chi connectivity index (χ2n) is 3.40. The number of carbonyl (C=O) groups is 2. The molecule has 0 aromatic carbocycles. The molecule has 0 aliphatic rings. The number of hydrogen-bond acceptors (Lipinski definition) is 3. The van der Waals surface area contributed by atoms with Crippen LogP contribution in [0.25, 0.3) is 0 Å². The maximum absolute atomic E-state index is 11.0. The number of ether oxygens (including phenoxy) is 1. The highest BCUT2D eigenvalue weighted by Crippen LogP contribution is 1.94. The van der Waals surface area contributed by atoms with E-state index < -0.39 is 12.1 Å². The number of carbonyl (C=O) groups excluding carboxylic acids is 1. The highest BCUT2D eigenvalue weighted by Gasteiger charge is 2.00. The second-order valence-corrected chi connectivity index (χ2v) is 3.40. The molecule has 0 heterocycles. The summed E-state index contributed by atoms with van der Waals surface area (Å²) in [6.07, 6.45) is 3.43. The highest BCUT2D eigenvalue weighted by molar-refractivity contribution is 5.85. The number of hydrogen-bond donors (Lipinski definition) is 2. The van der Waals surface area contributed by atoms with E-state index >= 15 is 0 Å². The molecule has 0 aromatic rings. The lowest BCUT2D eigenvalue weighted by atomic mass is 10.2. The van der Waals surface area contributed by atoms with Crippen molar-refractivity contribution in [2.24, 2.45) is 0 Å². The lowest BCUT2D eigenvalue weighted by Gasteiger charge is -2.04. The van der Waals surface area contributed by atoms with Gasteiger partial charge in [-0.3, -0.25) is 0 Å². The van der Waals surface area contributed by atoms with E-state index in [9.17, 15) is 9.59 Å². The van der Waals surface area contributed by atoms with Gasteiger partial charge >= 0.3 is 12.1 Å². The van der Waals surface area contributed by atoms with Crippen LogP contribution in [0.4, 0.5) is 4.79 Å².